The SMILES string of the molecule is CC1C[C@H]2[C@@H]3CC(F)C4=CC(=O)C=C[C@]4(C)C3(F)C(O)C[C@]2(C)C1(OC(=O)C1(C)OCCO1)C(=O)SCF. The molecular weight excluding hydrogens is 525 g/mol. The van der Waals surface area contributed by atoms with Gasteiger partial charge in [-0.3, -0.25) is 9.59 Å². The van der Waals surface area contributed by atoms with Crippen molar-refractivity contribution in [3.05, 3.63) is 23.8 Å². The normalized spacial score (nSPS) is 47.1. The van der Waals surface area contributed by atoms with Crippen LogP contribution in [-0.4, -0.2) is 70.5 Å². The topological polar surface area (TPSA) is 99.1 Å². The van der Waals surface area contributed by atoms with Crippen molar-refractivity contribution in [2.24, 2.45) is 28.6 Å². The van der Waals surface area contributed by atoms with E-state index >= 15 is 8.78 Å². The van der Waals surface area contributed by atoms with Gasteiger partial charge in [-0.2, -0.15) is 0 Å². The maximum atomic E-state index is 17.4. The predicted octanol–water partition coefficient (Wildman–Crippen LogP) is 3.78. The summed E-state index contributed by atoms with van der Waals surface area (Å²) in [6.45, 7) is 6.42. The molecule has 0 bridgehead atoms. The molecule has 0 amide bonds. The summed E-state index contributed by atoms with van der Waals surface area (Å²) in [4.78, 5) is 39.1. The molecular formula is C27H33F3O7S. The van der Waals surface area contributed by atoms with Crippen molar-refractivity contribution >= 4 is 28.6 Å². The average molecular weight is 559 g/mol. The highest BCUT2D eigenvalue weighted by molar-refractivity contribution is 8.13. The van der Waals surface area contributed by atoms with E-state index in [1.807, 2.05) is 0 Å². The fourth-order valence-electron chi connectivity index (χ4n) is 8.25. The van der Waals surface area contributed by atoms with Gasteiger partial charge in [-0.15, -0.1) is 0 Å². The molecule has 4 fully saturated rings. The molecule has 1 heterocycles. The van der Waals surface area contributed by atoms with E-state index in [0.717, 1.165) is 6.08 Å². The van der Waals surface area contributed by atoms with E-state index in [1.165, 1.54) is 26.0 Å². The van der Waals surface area contributed by atoms with Gasteiger partial charge in [-0.1, -0.05) is 19.9 Å². The van der Waals surface area contributed by atoms with E-state index in [4.69, 9.17) is 14.2 Å². The second kappa shape index (κ2) is 8.91. The van der Waals surface area contributed by atoms with Gasteiger partial charge in [0.05, 0.1) is 19.3 Å². The molecule has 0 aromatic heterocycles. The zero-order valence-electron chi connectivity index (χ0n) is 21.8. The second-order valence-electron chi connectivity index (χ2n) is 11.8. The predicted molar refractivity (Wildman–Crippen MR) is 131 cm³/mol. The lowest BCUT2D eigenvalue weighted by atomic mass is 9.44. The fraction of sp³-hybridized carbons (Fsp3) is 0.741. The minimum Gasteiger partial charge on any atom is -0.445 e. The maximum Gasteiger partial charge on any atom is 0.367 e. The van der Waals surface area contributed by atoms with Crippen LogP contribution >= 0.6 is 11.8 Å². The van der Waals surface area contributed by atoms with Gasteiger partial charge in [0, 0.05) is 29.6 Å². The van der Waals surface area contributed by atoms with Crippen molar-refractivity contribution in [1.82, 2.24) is 0 Å². The summed E-state index contributed by atoms with van der Waals surface area (Å²) < 4.78 is 63.5. The highest BCUT2D eigenvalue weighted by atomic mass is 32.2. The molecule has 0 aromatic rings. The molecule has 5 aliphatic rings. The van der Waals surface area contributed by atoms with Gasteiger partial charge in [-0.05, 0) is 61.6 Å². The molecule has 38 heavy (non-hydrogen) atoms. The summed E-state index contributed by atoms with van der Waals surface area (Å²) >= 11 is 0.345. The van der Waals surface area contributed by atoms with Crippen LogP contribution in [0.15, 0.2) is 23.8 Å². The summed E-state index contributed by atoms with van der Waals surface area (Å²) in [7, 11) is 0. The van der Waals surface area contributed by atoms with Gasteiger partial charge >= 0.3 is 5.97 Å². The Morgan fingerprint density at radius 1 is 1.18 bits per heavy atom. The highest BCUT2D eigenvalue weighted by Gasteiger charge is 2.78. The number of rotatable bonds is 4. The minimum atomic E-state index is -2.36. The van der Waals surface area contributed by atoms with Crippen LogP contribution in [0.4, 0.5) is 13.2 Å². The Morgan fingerprint density at radius 2 is 1.84 bits per heavy atom. The Labute approximate surface area is 223 Å². The summed E-state index contributed by atoms with van der Waals surface area (Å²) in [6, 6.07) is -1.08. The third-order valence-electron chi connectivity index (χ3n) is 10.1. The van der Waals surface area contributed by atoms with Crippen molar-refractivity contribution in [2.75, 3.05) is 19.2 Å². The Hall–Kier alpha value is -1.69. The number of ketones is 1. The fourth-order valence-corrected chi connectivity index (χ4v) is 9.04. The van der Waals surface area contributed by atoms with Crippen molar-refractivity contribution in [3.63, 3.8) is 0 Å². The van der Waals surface area contributed by atoms with Crippen LogP contribution in [0.5, 0.6) is 0 Å². The second-order valence-corrected chi connectivity index (χ2v) is 12.7. The Balaban J connectivity index is 1.62. The first-order valence-electron chi connectivity index (χ1n) is 12.9. The number of carbonyl (C=O) groups excluding carboxylic acids is 3. The molecule has 210 valence electrons. The lowest BCUT2D eigenvalue weighted by molar-refractivity contribution is -0.245. The van der Waals surface area contributed by atoms with Gasteiger partial charge in [0.1, 0.15) is 12.2 Å². The van der Waals surface area contributed by atoms with Crippen molar-refractivity contribution in [1.29, 1.82) is 0 Å². The number of aliphatic hydroxyl groups is 1. The van der Waals surface area contributed by atoms with Gasteiger partial charge in [-0.25, -0.2) is 18.0 Å². The molecule has 1 aliphatic heterocycles. The summed E-state index contributed by atoms with van der Waals surface area (Å²) in [5.41, 5.74) is -7.27. The largest absolute Gasteiger partial charge is 0.445 e. The minimum absolute atomic E-state index is 0.0114. The van der Waals surface area contributed by atoms with Crippen molar-refractivity contribution < 1.29 is 46.9 Å². The first-order chi connectivity index (χ1) is 17.7. The van der Waals surface area contributed by atoms with Crippen LogP contribution in [0, 0.1) is 28.6 Å². The lowest BCUT2D eigenvalue weighted by Gasteiger charge is -2.63. The van der Waals surface area contributed by atoms with Crippen LogP contribution in [0.1, 0.15) is 47.0 Å². The molecule has 0 spiro atoms. The van der Waals surface area contributed by atoms with Crippen LogP contribution < -0.4 is 0 Å². The van der Waals surface area contributed by atoms with Crippen LogP contribution in [-0.2, 0) is 28.6 Å². The van der Waals surface area contributed by atoms with E-state index in [-0.39, 0.29) is 38.0 Å². The molecule has 5 rings (SSSR count). The molecule has 0 aromatic carbocycles. The summed E-state index contributed by atoms with van der Waals surface area (Å²) in [5.74, 6) is -5.69. The van der Waals surface area contributed by atoms with E-state index in [0.29, 0.717) is 11.8 Å². The number of alkyl halides is 3. The molecule has 11 heteroatoms. The first-order valence-corrected chi connectivity index (χ1v) is 13.9. The smallest absolute Gasteiger partial charge is 0.367 e. The molecule has 1 N–H and O–H groups in total. The number of thioether (sulfide) groups is 1. The molecule has 4 aliphatic carbocycles. The number of allylic oxidation sites excluding steroid dienone is 4. The van der Waals surface area contributed by atoms with Gasteiger partial charge in [0.2, 0.25) is 5.12 Å². The zero-order chi connectivity index (χ0) is 27.9. The third-order valence-corrected chi connectivity index (χ3v) is 10.8. The number of hydrogen-bond acceptors (Lipinski definition) is 8. The third kappa shape index (κ3) is 3.37. The number of carbonyl (C=O) groups is 3. The van der Waals surface area contributed by atoms with Crippen LogP contribution in [0.3, 0.4) is 0 Å². The molecule has 5 unspecified atom stereocenters. The molecule has 1 saturated heterocycles. The number of ether oxygens (including phenoxy) is 3. The van der Waals surface area contributed by atoms with E-state index in [9.17, 15) is 23.9 Å². The monoisotopic (exact) mass is 558 g/mol. The number of halogens is 3. The highest BCUT2D eigenvalue weighted by Crippen LogP contribution is 2.72. The van der Waals surface area contributed by atoms with Crippen molar-refractivity contribution in [3.8, 4) is 0 Å². The zero-order valence-corrected chi connectivity index (χ0v) is 22.6. The molecule has 3 saturated carbocycles. The summed E-state index contributed by atoms with van der Waals surface area (Å²) in [6.07, 6.45) is -0.172. The number of aliphatic hydroxyl groups excluding tert-OH is 1. The lowest BCUT2D eigenvalue weighted by Crippen LogP contribution is -2.71. The Kier molecular flexibility index (Phi) is 6.53. The number of hydrogen-bond donors (Lipinski definition) is 1. The van der Waals surface area contributed by atoms with Gasteiger partial charge in [0.15, 0.2) is 17.1 Å². The van der Waals surface area contributed by atoms with Crippen LogP contribution in [0.25, 0.3) is 0 Å². The number of fused-ring (bicyclic) bond motifs is 5. The Morgan fingerprint density at radius 3 is 2.47 bits per heavy atom. The average Bonchev–Trinajstić information content (AvgIpc) is 3.39. The van der Waals surface area contributed by atoms with E-state index < -0.39 is 80.8 Å². The van der Waals surface area contributed by atoms with E-state index in [1.54, 1.807) is 13.8 Å². The van der Waals surface area contributed by atoms with Gasteiger partial charge < -0.3 is 19.3 Å². The number of esters is 1. The quantitative estimate of drug-likeness (QED) is 0.521. The van der Waals surface area contributed by atoms with Crippen LogP contribution in [0.2, 0.25) is 0 Å². The van der Waals surface area contributed by atoms with E-state index in [2.05, 4.69) is 0 Å². The molecule has 7 nitrogen and oxygen atoms in total. The molecule has 9 atom stereocenters. The maximum absolute atomic E-state index is 17.4. The Bertz CT molecular complexity index is 1120. The van der Waals surface area contributed by atoms with Gasteiger partial charge in [0.25, 0.3) is 5.79 Å². The van der Waals surface area contributed by atoms with Crippen molar-refractivity contribution in [2.45, 2.75) is 76.3 Å². The molecule has 0 radical (unpaired) electrons. The standard InChI is InChI=1S/C27H33F3O7S/c1-14-9-16-17-11-19(29)18-10-15(31)5-6-23(18,2)26(17,30)20(32)12-24(16,3)27(14,22(34)38-13-28)37-21(33)25(4)35-7-8-36-25/h5-6,10,14,16-17,19-20,32H,7-9,11-13H2,1-4H3/t14?,16-,17-,19?,20?,23-,24-,26?,27?/m0/s1. The summed E-state index contributed by atoms with van der Waals surface area (Å²) in [5, 5.41) is 10.8. The first kappa shape index (κ1) is 27.9.